The number of halogens is 6. The van der Waals surface area contributed by atoms with Gasteiger partial charge in [0, 0.05) is 45.6 Å². The monoisotopic (exact) mass is 533 g/mol. The predicted molar refractivity (Wildman–Crippen MR) is 114 cm³/mol. The number of rotatable bonds is 4. The molecule has 4 rings (SSSR count). The summed E-state index contributed by atoms with van der Waals surface area (Å²) in [5.41, 5.74) is -3.97. The smallest absolute Gasteiger partial charge is 0.339 e. The van der Waals surface area contributed by atoms with Crippen LogP contribution in [-0.2, 0) is 28.4 Å². The van der Waals surface area contributed by atoms with E-state index in [0.717, 1.165) is 4.90 Å². The molecule has 0 aromatic carbocycles. The summed E-state index contributed by atoms with van der Waals surface area (Å²) >= 11 is 0. The molecule has 2 aromatic heterocycles. The summed E-state index contributed by atoms with van der Waals surface area (Å²) in [4.78, 5) is 48.8. The number of aromatic amines is 1. The Morgan fingerprint density at radius 3 is 2.24 bits per heavy atom. The Morgan fingerprint density at radius 2 is 1.68 bits per heavy atom. The third-order valence-electron chi connectivity index (χ3n) is 6.43. The molecule has 1 unspecified atom stereocenters. The Labute approximate surface area is 205 Å². The summed E-state index contributed by atoms with van der Waals surface area (Å²) in [5.74, 6) is -1.05. The van der Waals surface area contributed by atoms with Gasteiger partial charge in [-0.25, -0.2) is 15.1 Å². The van der Waals surface area contributed by atoms with Crippen molar-refractivity contribution < 1.29 is 35.9 Å². The second-order valence-electron chi connectivity index (χ2n) is 8.66. The zero-order valence-electron chi connectivity index (χ0n) is 19.4. The maximum Gasteiger partial charge on any atom is 0.422 e. The van der Waals surface area contributed by atoms with Crippen molar-refractivity contribution in [3.8, 4) is 0 Å². The van der Waals surface area contributed by atoms with Gasteiger partial charge in [-0.05, 0) is 18.4 Å². The minimum Gasteiger partial charge on any atom is -0.339 e. The summed E-state index contributed by atoms with van der Waals surface area (Å²) in [6.07, 6.45) is -8.58. The molecule has 0 saturated carbocycles. The number of hydrogen-bond acceptors (Lipinski definition) is 7. The fraction of sp³-hybridized carbons (Fsp3) is 0.524. The normalized spacial score (nSPS) is 18.1. The first-order chi connectivity index (χ1) is 17.3. The van der Waals surface area contributed by atoms with Crippen LogP contribution in [0.3, 0.4) is 0 Å². The Kier molecular flexibility index (Phi) is 6.85. The minimum atomic E-state index is -4.87. The van der Waals surface area contributed by atoms with Crippen LogP contribution in [0.15, 0.2) is 17.2 Å². The average molecular weight is 533 g/mol. The maximum absolute atomic E-state index is 13.3. The Morgan fingerprint density at radius 1 is 1.05 bits per heavy atom. The van der Waals surface area contributed by atoms with Gasteiger partial charge in [-0.1, -0.05) is 0 Å². The third kappa shape index (κ3) is 5.36. The molecule has 1 aliphatic carbocycles. The van der Waals surface area contributed by atoms with Crippen LogP contribution in [0.4, 0.5) is 32.3 Å². The van der Waals surface area contributed by atoms with Crippen molar-refractivity contribution in [1.29, 1.82) is 0 Å². The summed E-state index contributed by atoms with van der Waals surface area (Å²) < 4.78 is 78.1. The first-order valence-corrected chi connectivity index (χ1v) is 11.1. The lowest BCUT2D eigenvalue weighted by atomic mass is 10.1. The summed E-state index contributed by atoms with van der Waals surface area (Å²) in [6.45, 7) is 0.803. The second-order valence-corrected chi connectivity index (χ2v) is 8.66. The molecule has 10 nitrogen and oxygen atoms in total. The van der Waals surface area contributed by atoms with E-state index in [9.17, 15) is 40.7 Å². The summed E-state index contributed by atoms with van der Waals surface area (Å²) in [5, 5.41) is 5.58. The molecule has 16 heteroatoms. The fourth-order valence-electron chi connectivity index (χ4n) is 4.45. The Hall–Kier alpha value is -3.72. The van der Waals surface area contributed by atoms with E-state index in [1.165, 1.54) is 11.9 Å². The van der Waals surface area contributed by atoms with Crippen molar-refractivity contribution in [3.05, 3.63) is 45.1 Å². The number of nitrogens with zero attached hydrogens (tertiary/aromatic N) is 6. The fourth-order valence-corrected chi connectivity index (χ4v) is 4.45. The van der Waals surface area contributed by atoms with Crippen molar-refractivity contribution in [2.45, 2.75) is 37.7 Å². The third-order valence-corrected chi connectivity index (χ3v) is 6.43. The molecule has 2 aliphatic rings. The van der Waals surface area contributed by atoms with Crippen molar-refractivity contribution >= 4 is 17.8 Å². The molecule has 1 atom stereocenters. The van der Waals surface area contributed by atoms with E-state index in [0.29, 0.717) is 12.4 Å². The molecule has 2 aromatic rings. The van der Waals surface area contributed by atoms with Gasteiger partial charge in [-0.2, -0.15) is 31.4 Å². The van der Waals surface area contributed by atoms with E-state index in [4.69, 9.17) is 0 Å². The molecule has 1 fully saturated rings. The molecule has 2 amide bonds. The highest BCUT2D eigenvalue weighted by Crippen LogP contribution is 2.39. The van der Waals surface area contributed by atoms with Crippen LogP contribution >= 0.6 is 0 Å². The molecule has 1 aliphatic heterocycles. The van der Waals surface area contributed by atoms with Gasteiger partial charge in [-0.3, -0.25) is 14.4 Å². The maximum atomic E-state index is 13.3. The van der Waals surface area contributed by atoms with E-state index >= 15 is 0 Å². The number of alkyl halides is 6. The molecule has 0 radical (unpaired) electrons. The van der Waals surface area contributed by atoms with E-state index in [1.54, 1.807) is 4.90 Å². The standard InChI is InChI=1S/C21H21F6N7O3/c1-32(13-3-2-12-16(21(25,26)27)18(37)31-30-17(12)13)14(35)8-15(36)33-4-6-34(7-5-33)19-28-9-11(10-29-19)20(22,23)24/h9-10,13H,2-8H2,1H3,(H,31,37). The lowest BCUT2D eigenvalue weighted by Gasteiger charge is -2.35. The number of carbonyl (C=O) groups excluding carboxylic acids is 2. The van der Waals surface area contributed by atoms with Crippen molar-refractivity contribution in [2.75, 3.05) is 38.1 Å². The van der Waals surface area contributed by atoms with Crippen LogP contribution in [0, 0.1) is 0 Å². The highest BCUT2D eigenvalue weighted by Gasteiger charge is 2.43. The van der Waals surface area contributed by atoms with Gasteiger partial charge in [0.05, 0.1) is 17.3 Å². The first kappa shape index (κ1) is 26.3. The number of H-pyrrole nitrogens is 1. The first-order valence-electron chi connectivity index (χ1n) is 11.1. The van der Waals surface area contributed by atoms with Crippen LogP contribution in [0.25, 0.3) is 0 Å². The largest absolute Gasteiger partial charge is 0.422 e. The Balaban J connectivity index is 1.35. The average Bonchev–Trinajstić information content (AvgIpc) is 3.25. The van der Waals surface area contributed by atoms with E-state index < -0.39 is 53.3 Å². The van der Waals surface area contributed by atoms with Crippen LogP contribution < -0.4 is 10.5 Å². The van der Waals surface area contributed by atoms with E-state index in [-0.39, 0.29) is 56.2 Å². The van der Waals surface area contributed by atoms with Crippen LogP contribution in [-0.4, -0.2) is 75.0 Å². The number of fused-ring (bicyclic) bond motifs is 1. The molecule has 3 heterocycles. The molecule has 0 bridgehead atoms. The van der Waals surface area contributed by atoms with Gasteiger partial charge in [0.1, 0.15) is 12.0 Å². The minimum absolute atomic E-state index is 0.0552. The molecule has 0 spiro atoms. The SMILES string of the molecule is CN(C(=O)CC(=O)N1CCN(c2ncc(C(F)(F)F)cn2)CC1)C1CCc2c1n[nH]c(=O)c2C(F)(F)F. The highest BCUT2D eigenvalue weighted by molar-refractivity contribution is 5.97. The molecular formula is C21H21F6N7O3. The molecular weight excluding hydrogens is 512 g/mol. The number of piperazine rings is 1. The number of carbonyl (C=O) groups is 2. The zero-order valence-corrected chi connectivity index (χ0v) is 19.4. The number of aromatic nitrogens is 4. The number of anilines is 1. The Bertz CT molecular complexity index is 1240. The number of nitrogens with one attached hydrogen (secondary N) is 1. The van der Waals surface area contributed by atoms with Gasteiger partial charge in [0.15, 0.2) is 0 Å². The lowest BCUT2D eigenvalue weighted by Crippen LogP contribution is -2.50. The molecule has 200 valence electrons. The van der Waals surface area contributed by atoms with Crippen LogP contribution in [0.5, 0.6) is 0 Å². The highest BCUT2D eigenvalue weighted by atomic mass is 19.4. The molecule has 37 heavy (non-hydrogen) atoms. The van der Waals surface area contributed by atoms with Crippen molar-refractivity contribution in [3.63, 3.8) is 0 Å². The summed E-state index contributed by atoms with van der Waals surface area (Å²) in [6, 6.07) is -0.832. The van der Waals surface area contributed by atoms with E-state index in [2.05, 4.69) is 15.1 Å². The van der Waals surface area contributed by atoms with Crippen molar-refractivity contribution in [1.82, 2.24) is 30.0 Å². The van der Waals surface area contributed by atoms with Gasteiger partial charge in [0.25, 0.3) is 5.56 Å². The van der Waals surface area contributed by atoms with Crippen LogP contribution in [0.2, 0.25) is 0 Å². The summed E-state index contributed by atoms with van der Waals surface area (Å²) in [7, 11) is 1.36. The van der Waals surface area contributed by atoms with Gasteiger partial charge < -0.3 is 14.7 Å². The predicted octanol–water partition coefficient (Wildman–Crippen LogP) is 1.78. The van der Waals surface area contributed by atoms with Gasteiger partial charge in [-0.15, -0.1) is 0 Å². The topological polar surface area (TPSA) is 115 Å². The zero-order chi connectivity index (χ0) is 27.1. The molecule has 1 N–H and O–H groups in total. The van der Waals surface area contributed by atoms with Gasteiger partial charge in [0.2, 0.25) is 17.8 Å². The molecule has 1 saturated heterocycles. The second kappa shape index (κ2) is 9.63. The van der Waals surface area contributed by atoms with Crippen LogP contribution in [0.1, 0.15) is 41.3 Å². The lowest BCUT2D eigenvalue weighted by molar-refractivity contribution is -0.141. The van der Waals surface area contributed by atoms with Gasteiger partial charge >= 0.3 is 12.4 Å². The van der Waals surface area contributed by atoms with E-state index in [1.807, 2.05) is 5.10 Å². The number of amides is 2. The number of hydrogen-bond donors (Lipinski definition) is 1. The quantitative estimate of drug-likeness (QED) is 0.471. The van der Waals surface area contributed by atoms with Crippen molar-refractivity contribution in [2.24, 2.45) is 0 Å².